The largest absolute Gasteiger partial charge is 0.492 e. The minimum absolute atomic E-state index is 0.0349. The van der Waals surface area contributed by atoms with Crippen LogP contribution in [0.2, 0.25) is 5.02 Å². The maximum Gasteiger partial charge on any atom is 0.161 e. The van der Waals surface area contributed by atoms with E-state index < -0.39 is 0 Å². The van der Waals surface area contributed by atoms with Crippen LogP contribution in [0.15, 0.2) is 18.2 Å². The zero-order valence-electron chi connectivity index (χ0n) is 12.9. The summed E-state index contributed by atoms with van der Waals surface area (Å²) < 4.78 is 5.71. The molecular formula is C16H24ClNO2. The van der Waals surface area contributed by atoms with Gasteiger partial charge in [0.05, 0.1) is 5.02 Å². The van der Waals surface area contributed by atoms with E-state index in [0.29, 0.717) is 35.0 Å². The maximum atomic E-state index is 11.3. The highest BCUT2D eigenvalue weighted by Crippen LogP contribution is 2.23. The van der Waals surface area contributed by atoms with E-state index in [1.165, 1.54) is 6.92 Å². The molecule has 0 atom stereocenters. The Balaban J connectivity index is 2.58. The lowest BCUT2D eigenvalue weighted by atomic mass is 10.1. The Morgan fingerprint density at radius 1 is 1.25 bits per heavy atom. The van der Waals surface area contributed by atoms with Gasteiger partial charge in [0, 0.05) is 24.2 Å². The second-order valence-electron chi connectivity index (χ2n) is 5.47. The van der Waals surface area contributed by atoms with Crippen molar-refractivity contribution in [3.05, 3.63) is 28.8 Å². The summed E-state index contributed by atoms with van der Waals surface area (Å²) in [5.41, 5.74) is 0.532. The van der Waals surface area contributed by atoms with Crippen molar-refractivity contribution in [3.8, 4) is 5.75 Å². The van der Waals surface area contributed by atoms with E-state index in [-0.39, 0.29) is 5.78 Å². The van der Waals surface area contributed by atoms with Crippen LogP contribution in [0.3, 0.4) is 0 Å². The number of nitrogens with zero attached hydrogens (tertiary/aromatic N) is 1. The van der Waals surface area contributed by atoms with Crippen LogP contribution in [0.4, 0.5) is 0 Å². The average molecular weight is 298 g/mol. The minimum atomic E-state index is -0.0349. The SMILES string of the molecule is CC(=O)c1ccc(OCCN(C(C)C)C(C)C)cc1Cl. The first kappa shape index (κ1) is 17.0. The van der Waals surface area contributed by atoms with E-state index in [1.807, 2.05) is 0 Å². The highest BCUT2D eigenvalue weighted by molar-refractivity contribution is 6.34. The van der Waals surface area contributed by atoms with Gasteiger partial charge in [-0.25, -0.2) is 0 Å². The Morgan fingerprint density at radius 3 is 2.30 bits per heavy atom. The molecule has 0 spiro atoms. The van der Waals surface area contributed by atoms with Crippen molar-refractivity contribution in [2.75, 3.05) is 13.2 Å². The molecule has 1 aromatic rings. The fourth-order valence-electron chi connectivity index (χ4n) is 2.25. The van der Waals surface area contributed by atoms with Crippen molar-refractivity contribution >= 4 is 17.4 Å². The first-order valence-corrected chi connectivity index (χ1v) is 7.39. The molecule has 0 fully saturated rings. The van der Waals surface area contributed by atoms with Gasteiger partial charge in [-0.05, 0) is 52.8 Å². The molecule has 0 radical (unpaired) electrons. The van der Waals surface area contributed by atoms with Crippen molar-refractivity contribution in [3.63, 3.8) is 0 Å². The highest BCUT2D eigenvalue weighted by Gasteiger charge is 2.13. The first-order chi connectivity index (χ1) is 9.32. The van der Waals surface area contributed by atoms with Gasteiger partial charge in [0.1, 0.15) is 12.4 Å². The molecule has 1 rings (SSSR count). The van der Waals surface area contributed by atoms with Gasteiger partial charge in [0.15, 0.2) is 5.78 Å². The molecule has 0 N–H and O–H groups in total. The van der Waals surface area contributed by atoms with Gasteiger partial charge in [-0.15, -0.1) is 0 Å². The standard InChI is InChI=1S/C16H24ClNO2/c1-11(2)18(12(3)4)8-9-20-14-6-7-15(13(5)19)16(17)10-14/h6-7,10-12H,8-9H2,1-5H3. The third kappa shape index (κ3) is 4.80. The number of hydrogen-bond donors (Lipinski definition) is 0. The van der Waals surface area contributed by atoms with Gasteiger partial charge in [0.2, 0.25) is 0 Å². The monoisotopic (exact) mass is 297 g/mol. The van der Waals surface area contributed by atoms with Crippen molar-refractivity contribution in [1.29, 1.82) is 0 Å². The van der Waals surface area contributed by atoms with Crippen LogP contribution in [0.1, 0.15) is 45.0 Å². The number of Topliss-reactive ketones (excluding diaryl/α,β-unsaturated/α-hetero) is 1. The molecule has 3 nitrogen and oxygen atoms in total. The maximum absolute atomic E-state index is 11.3. The molecule has 1 aromatic carbocycles. The molecule has 0 aliphatic carbocycles. The average Bonchev–Trinajstić information content (AvgIpc) is 2.33. The number of benzene rings is 1. The molecule has 20 heavy (non-hydrogen) atoms. The van der Waals surface area contributed by atoms with Crippen LogP contribution in [-0.2, 0) is 0 Å². The third-order valence-corrected chi connectivity index (χ3v) is 3.58. The highest BCUT2D eigenvalue weighted by atomic mass is 35.5. The zero-order valence-corrected chi connectivity index (χ0v) is 13.7. The van der Waals surface area contributed by atoms with Gasteiger partial charge < -0.3 is 4.74 Å². The van der Waals surface area contributed by atoms with E-state index in [2.05, 4.69) is 32.6 Å². The van der Waals surface area contributed by atoms with E-state index >= 15 is 0 Å². The lowest BCUT2D eigenvalue weighted by Crippen LogP contribution is -2.39. The molecule has 0 bridgehead atoms. The molecule has 0 saturated carbocycles. The number of rotatable bonds is 7. The summed E-state index contributed by atoms with van der Waals surface area (Å²) in [6, 6.07) is 6.18. The Hall–Kier alpha value is -1.06. The lowest BCUT2D eigenvalue weighted by molar-refractivity contribution is 0.101. The summed E-state index contributed by atoms with van der Waals surface area (Å²) in [5.74, 6) is 0.666. The molecule has 0 amide bonds. The Bertz CT molecular complexity index is 450. The fourth-order valence-corrected chi connectivity index (χ4v) is 2.56. The van der Waals surface area contributed by atoms with Gasteiger partial charge in [-0.1, -0.05) is 11.6 Å². The minimum Gasteiger partial charge on any atom is -0.492 e. The Morgan fingerprint density at radius 2 is 1.85 bits per heavy atom. The van der Waals surface area contributed by atoms with Crippen LogP contribution >= 0.6 is 11.6 Å². The van der Waals surface area contributed by atoms with Crippen LogP contribution in [-0.4, -0.2) is 35.9 Å². The molecule has 0 unspecified atom stereocenters. The summed E-state index contributed by atoms with van der Waals surface area (Å²) in [5, 5.41) is 0.444. The molecule has 0 aliphatic rings. The van der Waals surface area contributed by atoms with Crippen molar-refractivity contribution < 1.29 is 9.53 Å². The first-order valence-electron chi connectivity index (χ1n) is 7.02. The van der Waals surface area contributed by atoms with Crippen LogP contribution in [0.25, 0.3) is 0 Å². The molecule has 0 saturated heterocycles. The Labute approximate surface area is 126 Å². The topological polar surface area (TPSA) is 29.5 Å². The molecular weight excluding hydrogens is 274 g/mol. The molecule has 0 aromatic heterocycles. The predicted octanol–water partition coefficient (Wildman–Crippen LogP) is 4.04. The van der Waals surface area contributed by atoms with Crippen LogP contribution < -0.4 is 4.74 Å². The van der Waals surface area contributed by atoms with Crippen molar-refractivity contribution in [2.45, 2.75) is 46.7 Å². The van der Waals surface area contributed by atoms with Crippen molar-refractivity contribution in [2.24, 2.45) is 0 Å². The number of carbonyl (C=O) groups is 1. The normalized spacial score (nSPS) is 11.4. The lowest BCUT2D eigenvalue weighted by Gasteiger charge is -2.30. The third-order valence-electron chi connectivity index (χ3n) is 3.26. The van der Waals surface area contributed by atoms with Crippen LogP contribution in [0, 0.1) is 0 Å². The second kappa shape index (κ2) is 7.65. The summed E-state index contributed by atoms with van der Waals surface area (Å²) in [6.07, 6.45) is 0. The van der Waals surface area contributed by atoms with Gasteiger partial charge in [-0.3, -0.25) is 9.69 Å². The molecule has 4 heteroatoms. The number of halogens is 1. The Kier molecular flexibility index (Phi) is 6.50. The number of ketones is 1. The van der Waals surface area contributed by atoms with E-state index in [1.54, 1.807) is 18.2 Å². The van der Waals surface area contributed by atoms with E-state index in [9.17, 15) is 4.79 Å². The number of carbonyl (C=O) groups excluding carboxylic acids is 1. The van der Waals surface area contributed by atoms with Gasteiger partial charge in [0.25, 0.3) is 0 Å². The molecule has 112 valence electrons. The van der Waals surface area contributed by atoms with E-state index in [0.717, 1.165) is 6.54 Å². The van der Waals surface area contributed by atoms with Gasteiger partial charge >= 0.3 is 0 Å². The second-order valence-corrected chi connectivity index (χ2v) is 5.88. The fraction of sp³-hybridized carbons (Fsp3) is 0.562. The smallest absolute Gasteiger partial charge is 0.161 e. The summed E-state index contributed by atoms with van der Waals surface area (Å²) in [6.45, 7) is 11.7. The number of ether oxygens (including phenoxy) is 1. The molecule has 0 aliphatic heterocycles. The van der Waals surface area contributed by atoms with Crippen molar-refractivity contribution in [1.82, 2.24) is 4.90 Å². The molecule has 0 heterocycles. The van der Waals surface area contributed by atoms with Gasteiger partial charge in [-0.2, -0.15) is 0 Å². The zero-order chi connectivity index (χ0) is 15.3. The van der Waals surface area contributed by atoms with E-state index in [4.69, 9.17) is 16.3 Å². The summed E-state index contributed by atoms with van der Waals surface area (Å²) >= 11 is 6.06. The quantitative estimate of drug-likeness (QED) is 0.711. The summed E-state index contributed by atoms with van der Waals surface area (Å²) in [7, 11) is 0. The predicted molar refractivity (Wildman–Crippen MR) is 83.9 cm³/mol. The van der Waals surface area contributed by atoms with Crippen LogP contribution in [0.5, 0.6) is 5.75 Å². The summed E-state index contributed by atoms with van der Waals surface area (Å²) in [4.78, 5) is 13.7. The number of hydrogen-bond acceptors (Lipinski definition) is 3.